The molecular formula is C35H59O. The molecule has 0 bridgehead atoms. The van der Waals surface area contributed by atoms with E-state index in [0.717, 1.165) is 54.5 Å². The Hall–Kier alpha value is -0.560. The fourth-order valence-corrected chi connectivity index (χ4v) is 9.66. The number of hydrogen-bond acceptors (Lipinski definition) is 1. The lowest BCUT2D eigenvalue weighted by atomic mass is 9.47. The van der Waals surface area contributed by atoms with Gasteiger partial charge in [0.25, 0.3) is 0 Å². The maximum absolute atomic E-state index is 6.38. The second-order valence-electron chi connectivity index (χ2n) is 14.2. The Morgan fingerprint density at radius 1 is 1.00 bits per heavy atom. The quantitative estimate of drug-likeness (QED) is 0.204. The van der Waals surface area contributed by atoms with Crippen molar-refractivity contribution in [1.82, 2.24) is 0 Å². The highest BCUT2D eigenvalue weighted by atomic mass is 16.5. The molecule has 36 heavy (non-hydrogen) atoms. The number of rotatable bonds is 11. The van der Waals surface area contributed by atoms with Crippen LogP contribution in [-0.4, -0.2) is 12.7 Å². The van der Waals surface area contributed by atoms with Gasteiger partial charge in [-0.05, 0) is 116 Å². The number of hydrogen-bond donors (Lipinski definition) is 0. The van der Waals surface area contributed by atoms with Crippen molar-refractivity contribution in [2.75, 3.05) is 6.61 Å². The number of allylic oxidation sites excluding steroid dienone is 3. The summed E-state index contributed by atoms with van der Waals surface area (Å²) in [6.45, 7) is 19.9. The third-order valence-corrected chi connectivity index (χ3v) is 12.0. The smallest absolute Gasteiger partial charge is 0.0612 e. The fourth-order valence-electron chi connectivity index (χ4n) is 9.66. The number of unbranched alkanes of at least 4 members (excludes halogenated alkanes) is 3. The molecule has 1 nitrogen and oxygen atoms in total. The van der Waals surface area contributed by atoms with Gasteiger partial charge in [-0.15, -0.1) is 0 Å². The first-order chi connectivity index (χ1) is 17.2. The van der Waals surface area contributed by atoms with E-state index in [4.69, 9.17) is 4.74 Å². The van der Waals surface area contributed by atoms with E-state index in [1.54, 1.807) is 5.57 Å². The second-order valence-corrected chi connectivity index (χ2v) is 14.2. The van der Waals surface area contributed by atoms with Crippen LogP contribution in [0.2, 0.25) is 0 Å². The minimum Gasteiger partial charge on any atom is -0.378 e. The molecule has 205 valence electrons. The molecule has 0 spiro atoms. The molecule has 0 aromatic carbocycles. The van der Waals surface area contributed by atoms with E-state index in [0.29, 0.717) is 16.9 Å². The topological polar surface area (TPSA) is 9.23 Å². The predicted molar refractivity (Wildman–Crippen MR) is 156 cm³/mol. The third-order valence-electron chi connectivity index (χ3n) is 12.0. The summed E-state index contributed by atoms with van der Waals surface area (Å²) >= 11 is 0. The minimum absolute atomic E-state index is 0.438. The molecule has 4 aliphatic rings. The van der Waals surface area contributed by atoms with E-state index in [-0.39, 0.29) is 0 Å². The Labute approximate surface area is 225 Å². The first-order valence-electron chi connectivity index (χ1n) is 16.0. The van der Waals surface area contributed by atoms with Gasteiger partial charge in [0.2, 0.25) is 0 Å². The van der Waals surface area contributed by atoms with Gasteiger partial charge in [-0.3, -0.25) is 0 Å². The van der Waals surface area contributed by atoms with Crippen LogP contribution in [0.25, 0.3) is 0 Å². The van der Waals surface area contributed by atoms with Gasteiger partial charge in [-0.25, -0.2) is 0 Å². The van der Waals surface area contributed by atoms with Gasteiger partial charge < -0.3 is 4.74 Å². The molecular weight excluding hydrogens is 436 g/mol. The van der Waals surface area contributed by atoms with Crippen molar-refractivity contribution in [2.45, 2.75) is 131 Å². The zero-order valence-electron chi connectivity index (χ0n) is 24.9. The normalized spacial score (nSPS) is 40.0. The Kier molecular flexibility index (Phi) is 9.55. The molecule has 0 aliphatic heterocycles. The molecule has 1 unspecified atom stereocenters. The highest BCUT2D eigenvalue weighted by Crippen LogP contribution is 2.67. The third kappa shape index (κ3) is 5.58. The van der Waals surface area contributed by atoms with E-state index in [1.165, 1.54) is 77.0 Å². The first kappa shape index (κ1) is 28.4. The van der Waals surface area contributed by atoms with Gasteiger partial charge >= 0.3 is 0 Å². The van der Waals surface area contributed by atoms with Crippen molar-refractivity contribution in [3.63, 3.8) is 0 Å². The van der Waals surface area contributed by atoms with E-state index in [2.05, 4.69) is 66.7 Å². The Morgan fingerprint density at radius 3 is 2.53 bits per heavy atom. The van der Waals surface area contributed by atoms with Crippen LogP contribution < -0.4 is 0 Å². The SMILES string of the molecule is [CH2]CCCCCOC1CC[C@@]2(C)C(=CC[C@H]3[C@@H]4CC[C@H]([C@H](C)/C=C/[C@@H](CC)C(C)C)[C@@]4(C)CC[C@@H]32)C1. The number of fused-ring (bicyclic) bond motifs is 5. The average molecular weight is 496 g/mol. The van der Waals surface area contributed by atoms with E-state index in [9.17, 15) is 0 Å². The van der Waals surface area contributed by atoms with Crippen LogP contribution >= 0.6 is 0 Å². The lowest BCUT2D eigenvalue weighted by Gasteiger charge is -2.58. The summed E-state index contributed by atoms with van der Waals surface area (Å²) in [6, 6.07) is 0. The van der Waals surface area contributed by atoms with Crippen molar-refractivity contribution in [1.29, 1.82) is 0 Å². The predicted octanol–water partition coefficient (Wildman–Crippen LogP) is 10.2. The zero-order valence-corrected chi connectivity index (χ0v) is 24.9. The molecule has 9 atom stereocenters. The summed E-state index contributed by atoms with van der Waals surface area (Å²) in [5.74, 6) is 5.83. The summed E-state index contributed by atoms with van der Waals surface area (Å²) < 4.78 is 6.38. The standard InChI is InChI=1S/C35H59O/c1-8-10-11-12-23-36-29-19-21-34(6)28(24-29)15-16-30-32-18-17-31(35(32,7)22-20-33(30)34)26(5)13-14-27(9-2)25(3)4/h13-15,25-27,29-33H,1,8-12,16-24H2,2-7H3/b14-13+/t26-,27-,29?,30+,31-,32+,33+,34+,35-/m1/s1. The molecule has 0 amide bonds. The average Bonchev–Trinajstić information content (AvgIpc) is 3.21. The molecule has 0 N–H and O–H groups in total. The largest absolute Gasteiger partial charge is 0.378 e. The van der Waals surface area contributed by atoms with Crippen molar-refractivity contribution in [3.8, 4) is 0 Å². The molecule has 4 rings (SSSR count). The van der Waals surface area contributed by atoms with Crippen molar-refractivity contribution in [2.24, 2.45) is 52.3 Å². The van der Waals surface area contributed by atoms with Crippen molar-refractivity contribution in [3.05, 3.63) is 30.7 Å². The summed E-state index contributed by atoms with van der Waals surface area (Å²) in [6.07, 6.45) is 25.4. The molecule has 3 fully saturated rings. The van der Waals surface area contributed by atoms with Crippen LogP contribution in [-0.2, 0) is 4.74 Å². The van der Waals surface area contributed by atoms with Crippen molar-refractivity contribution >= 4 is 0 Å². The highest BCUT2D eigenvalue weighted by molar-refractivity contribution is 5.25. The van der Waals surface area contributed by atoms with Gasteiger partial charge in [0, 0.05) is 6.61 Å². The van der Waals surface area contributed by atoms with Crippen LogP contribution in [0, 0.1) is 59.2 Å². The minimum atomic E-state index is 0.438. The van der Waals surface area contributed by atoms with Crippen LogP contribution in [0.4, 0.5) is 0 Å². The lowest BCUT2D eigenvalue weighted by Crippen LogP contribution is -2.51. The monoisotopic (exact) mass is 495 g/mol. The Bertz CT molecular complexity index is 763. The summed E-state index contributed by atoms with van der Waals surface area (Å²) in [5.41, 5.74) is 2.75. The maximum atomic E-state index is 6.38. The van der Waals surface area contributed by atoms with E-state index >= 15 is 0 Å². The molecule has 0 saturated heterocycles. The van der Waals surface area contributed by atoms with Crippen molar-refractivity contribution < 1.29 is 4.74 Å². The molecule has 1 radical (unpaired) electrons. The number of ether oxygens (including phenoxy) is 1. The molecule has 1 heteroatoms. The van der Waals surface area contributed by atoms with Gasteiger partial charge in [0.05, 0.1) is 6.10 Å². The lowest BCUT2D eigenvalue weighted by molar-refractivity contribution is -0.0615. The molecule has 0 heterocycles. The molecule has 3 saturated carbocycles. The van der Waals surface area contributed by atoms with Crippen LogP contribution in [0.5, 0.6) is 0 Å². The second kappa shape index (κ2) is 12.1. The highest BCUT2D eigenvalue weighted by Gasteiger charge is 2.59. The summed E-state index contributed by atoms with van der Waals surface area (Å²) in [5, 5.41) is 0. The van der Waals surface area contributed by atoms with Crippen LogP contribution in [0.3, 0.4) is 0 Å². The van der Waals surface area contributed by atoms with Gasteiger partial charge in [0.1, 0.15) is 0 Å². The fraction of sp³-hybridized carbons (Fsp3) is 0.857. The van der Waals surface area contributed by atoms with Gasteiger partial charge in [0.15, 0.2) is 0 Å². The summed E-state index contributed by atoms with van der Waals surface area (Å²) in [7, 11) is 0. The molecule has 0 aromatic heterocycles. The van der Waals surface area contributed by atoms with Crippen LogP contribution in [0.1, 0.15) is 125 Å². The van der Waals surface area contributed by atoms with Gasteiger partial charge in [-0.1, -0.05) is 91.5 Å². The summed E-state index contributed by atoms with van der Waals surface area (Å²) in [4.78, 5) is 0. The molecule has 4 aliphatic carbocycles. The first-order valence-corrected chi connectivity index (χ1v) is 16.0. The maximum Gasteiger partial charge on any atom is 0.0612 e. The Balaban J connectivity index is 1.40. The zero-order chi connectivity index (χ0) is 25.9. The Morgan fingerprint density at radius 2 is 1.81 bits per heavy atom. The van der Waals surface area contributed by atoms with Gasteiger partial charge in [-0.2, -0.15) is 0 Å². The molecule has 0 aromatic rings. The van der Waals surface area contributed by atoms with E-state index in [1.807, 2.05) is 0 Å². The van der Waals surface area contributed by atoms with Crippen LogP contribution in [0.15, 0.2) is 23.8 Å². The van der Waals surface area contributed by atoms with E-state index < -0.39 is 0 Å².